The van der Waals surface area contributed by atoms with Gasteiger partial charge in [-0.25, -0.2) is 14.8 Å². The van der Waals surface area contributed by atoms with Gasteiger partial charge in [-0.05, 0) is 97.0 Å². The molecule has 20 nitrogen and oxygen atoms in total. The number of nitrogen functional groups attached to an aromatic ring is 1. The van der Waals surface area contributed by atoms with Crippen LogP contribution in [0.2, 0.25) is 0 Å². The van der Waals surface area contributed by atoms with Gasteiger partial charge in [-0.3, -0.25) is 0 Å². The number of aryl methyl sites for hydroxylation is 1. The number of pyridine rings is 1. The third-order valence-electron chi connectivity index (χ3n) is 12.8. The number of thiophene rings is 1. The molecule has 0 bridgehead atoms. The maximum Gasteiger partial charge on any atom is 0.407 e. The first-order valence-electron chi connectivity index (χ1n) is 27.4. The number of imidazole rings is 1. The number of hydrogen-bond acceptors (Lipinski definition) is 19. The minimum absolute atomic E-state index is 0.381. The number of aromatic nitrogens is 3. The van der Waals surface area contributed by atoms with E-state index in [4.69, 9.17) is 72.5 Å². The Morgan fingerprint density at radius 1 is 0.662 bits per heavy atom. The van der Waals surface area contributed by atoms with Crippen molar-refractivity contribution in [2.24, 2.45) is 5.92 Å². The van der Waals surface area contributed by atoms with Crippen LogP contribution in [0.25, 0.3) is 21.3 Å². The second-order valence-electron chi connectivity index (χ2n) is 19.7. The number of piperidine rings is 2. The lowest BCUT2D eigenvalue weighted by atomic mass is 9.95. The van der Waals surface area contributed by atoms with Crippen LogP contribution in [0.4, 0.5) is 10.6 Å². The number of rotatable bonds is 42. The van der Waals surface area contributed by atoms with E-state index in [1.807, 2.05) is 32.1 Å². The molecule has 0 spiro atoms. The van der Waals surface area contributed by atoms with E-state index in [0.29, 0.717) is 156 Å². The summed E-state index contributed by atoms with van der Waals surface area (Å²) in [4.78, 5) is 28.2. The van der Waals surface area contributed by atoms with Crippen LogP contribution in [0.5, 0.6) is 0 Å². The van der Waals surface area contributed by atoms with Gasteiger partial charge < -0.3 is 82.3 Å². The maximum atomic E-state index is 11.6. The highest BCUT2D eigenvalue weighted by molar-refractivity contribution is 7.20. The fourth-order valence-corrected chi connectivity index (χ4v) is 10.1. The van der Waals surface area contributed by atoms with E-state index in [0.717, 1.165) is 114 Å². The van der Waals surface area contributed by atoms with E-state index in [2.05, 4.69) is 32.7 Å². The third kappa shape index (κ3) is 24.6. The normalized spacial score (nSPS) is 15.6. The molecule has 0 saturated carbocycles. The van der Waals surface area contributed by atoms with Gasteiger partial charge >= 0.3 is 6.09 Å². The Labute approximate surface area is 445 Å². The SMILES string of the molecule is CCCCc1nc2c(N)nc3cc(C4CCN(CCOCCOCCOC)CC4)sc3c2n1CC1CCN(CCOCCOCCOCCOCCOCCOCCOCCOCCNC(=O)OC(C)(C)C)CC1. The third-order valence-corrected chi connectivity index (χ3v) is 14.1. The number of fused-ring (bicyclic) bond motifs is 3. The Balaban J connectivity index is 0.846. The predicted molar refractivity (Wildman–Crippen MR) is 288 cm³/mol. The van der Waals surface area contributed by atoms with Gasteiger partial charge in [0.05, 0.1) is 154 Å². The van der Waals surface area contributed by atoms with Crippen LogP contribution in [-0.4, -0.2) is 228 Å². The van der Waals surface area contributed by atoms with Crippen molar-refractivity contribution in [1.82, 2.24) is 29.7 Å². The van der Waals surface area contributed by atoms with Crippen molar-refractivity contribution in [3.8, 4) is 0 Å². The Morgan fingerprint density at radius 2 is 1.12 bits per heavy atom. The molecule has 2 aliphatic rings. The number of alkyl carbamates (subject to hydrolysis) is 1. The van der Waals surface area contributed by atoms with Gasteiger partial charge in [0.15, 0.2) is 5.82 Å². The van der Waals surface area contributed by atoms with E-state index in [1.165, 1.54) is 15.1 Å². The van der Waals surface area contributed by atoms with Gasteiger partial charge in [-0.1, -0.05) is 13.3 Å². The molecular weight excluding hydrogens is 975 g/mol. The van der Waals surface area contributed by atoms with Gasteiger partial charge in [0.25, 0.3) is 0 Å². The first-order chi connectivity index (χ1) is 36.1. The monoisotopic (exact) mass is 1070 g/mol. The minimum Gasteiger partial charge on any atom is -0.444 e. The van der Waals surface area contributed by atoms with Gasteiger partial charge in [0.2, 0.25) is 0 Å². The molecule has 0 unspecified atom stereocenters. The zero-order valence-electron chi connectivity index (χ0n) is 45.7. The number of amides is 1. The first kappa shape index (κ1) is 62.0. The average Bonchev–Trinajstić information content (AvgIpc) is 3.98. The number of nitrogens with zero attached hydrogens (tertiary/aromatic N) is 5. The summed E-state index contributed by atoms with van der Waals surface area (Å²) in [6.45, 7) is 26.4. The van der Waals surface area contributed by atoms with Crippen LogP contribution in [-0.2, 0) is 69.8 Å². The van der Waals surface area contributed by atoms with Crippen molar-refractivity contribution in [2.45, 2.75) is 90.7 Å². The van der Waals surface area contributed by atoms with Crippen molar-refractivity contribution in [3.05, 3.63) is 16.8 Å². The number of methoxy groups -OCH3 is 1. The minimum atomic E-state index is -0.517. The highest BCUT2D eigenvalue weighted by atomic mass is 32.1. The number of unbranched alkanes of at least 4 members (excludes halogenated alkanes) is 1. The van der Waals surface area contributed by atoms with E-state index in [1.54, 1.807) is 7.11 Å². The molecular formula is C53H93N7O13S. The number of ether oxygens (including phenoxy) is 12. The summed E-state index contributed by atoms with van der Waals surface area (Å²) in [5.74, 6) is 2.79. The fraction of sp³-hybridized carbons (Fsp3) is 0.830. The topological polar surface area (TPSA) is 203 Å². The molecule has 5 rings (SSSR count). The van der Waals surface area contributed by atoms with E-state index in [-0.39, 0.29) is 0 Å². The maximum absolute atomic E-state index is 11.6. The predicted octanol–water partition coefficient (Wildman–Crippen LogP) is 5.80. The Bertz CT molecular complexity index is 1920. The number of carbonyl (C=O) groups is 1. The van der Waals surface area contributed by atoms with Gasteiger partial charge in [0, 0.05) is 44.6 Å². The molecule has 0 aromatic carbocycles. The molecule has 0 aliphatic carbocycles. The summed E-state index contributed by atoms with van der Waals surface area (Å²) in [7, 11) is 1.68. The second kappa shape index (κ2) is 37.0. The van der Waals surface area contributed by atoms with Crippen molar-refractivity contribution in [2.75, 3.05) is 197 Å². The summed E-state index contributed by atoms with van der Waals surface area (Å²) in [5, 5.41) is 2.65. The van der Waals surface area contributed by atoms with E-state index in [9.17, 15) is 4.79 Å². The smallest absolute Gasteiger partial charge is 0.407 e. The molecule has 1 amide bonds. The van der Waals surface area contributed by atoms with Crippen LogP contribution < -0.4 is 11.1 Å². The molecule has 3 aromatic rings. The van der Waals surface area contributed by atoms with Crippen LogP contribution >= 0.6 is 11.3 Å². The molecule has 74 heavy (non-hydrogen) atoms. The molecule has 0 radical (unpaired) electrons. The number of anilines is 1. The molecule has 3 N–H and O–H groups in total. The van der Waals surface area contributed by atoms with Gasteiger partial charge in [-0.15, -0.1) is 11.3 Å². The number of nitrogens with one attached hydrogen (secondary N) is 1. The Hall–Kier alpha value is -2.87. The summed E-state index contributed by atoms with van der Waals surface area (Å²) in [6.07, 6.45) is 7.28. The molecule has 0 atom stereocenters. The summed E-state index contributed by atoms with van der Waals surface area (Å²) < 4.78 is 70.1. The van der Waals surface area contributed by atoms with Crippen molar-refractivity contribution in [1.29, 1.82) is 0 Å². The zero-order chi connectivity index (χ0) is 52.5. The quantitative estimate of drug-likeness (QED) is 0.0644. The molecule has 5 heterocycles. The summed E-state index contributed by atoms with van der Waals surface area (Å²) >= 11 is 1.91. The highest BCUT2D eigenvalue weighted by Crippen LogP contribution is 2.41. The fourth-order valence-electron chi connectivity index (χ4n) is 8.79. The second-order valence-corrected chi connectivity index (χ2v) is 20.8. The number of nitrogens with two attached hydrogens (primary N) is 1. The highest BCUT2D eigenvalue weighted by Gasteiger charge is 2.27. The van der Waals surface area contributed by atoms with Gasteiger partial charge in [-0.2, -0.15) is 0 Å². The molecule has 2 fully saturated rings. The lowest BCUT2D eigenvalue weighted by Gasteiger charge is -2.32. The average molecular weight is 1070 g/mol. The summed E-state index contributed by atoms with van der Waals surface area (Å²) in [5.41, 5.74) is 9.24. The number of carbonyl (C=O) groups excluding carboxylic acids is 1. The molecule has 21 heteroatoms. The van der Waals surface area contributed by atoms with E-state index >= 15 is 0 Å². The lowest BCUT2D eigenvalue weighted by molar-refractivity contribution is -0.0235. The lowest BCUT2D eigenvalue weighted by Crippen LogP contribution is -2.37. The zero-order valence-corrected chi connectivity index (χ0v) is 46.5. The standard InChI is InChI=1S/C53H93N7O13S/c1-6-7-8-47-57-48-49(50-45(56-51(48)54)41-46(74-50)44-11-16-59(17-12-44)19-22-65-26-29-66-24-23-62-5)60(47)42-43-9-14-58(15-10-43)18-21-64-27-30-68-32-34-70-36-38-72-40-39-71-37-35-69-33-31-67-28-25-63-20-13-55-52(61)73-53(2,3)4/h41,43-44H,6-40,42H2,1-5H3,(H2,54,56)(H,55,61). The number of likely N-dealkylation sites (tertiary alicyclic amines) is 2. The molecule has 2 saturated heterocycles. The van der Waals surface area contributed by atoms with Crippen molar-refractivity contribution in [3.63, 3.8) is 0 Å². The largest absolute Gasteiger partial charge is 0.444 e. The molecule has 424 valence electrons. The Morgan fingerprint density at radius 3 is 1.59 bits per heavy atom. The van der Waals surface area contributed by atoms with Crippen LogP contribution in [0, 0.1) is 5.92 Å². The van der Waals surface area contributed by atoms with Crippen LogP contribution in [0.15, 0.2) is 6.07 Å². The molecule has 3 aromatic heterocycles. The van der Waals surface area contributed by atoms with Crippen LogP contribution in [0.3, 0.4) is 0 Å². The van der Waals surface area contributed by atoms with Crippen molar-refractivity contribution >= 4 is 44.5 Å². The Kier molecular flexibility index (Phi) is 31.0. The first-order valence-corrected chi connectivity index (χ1v) is 28.2. The van der Waals surface area contributed by atoms with Gasteiger partial charge in [0.1, 0.15) is 16.9 Å². The molecule has 2 aliphatic heterocycles. The van der Waals surface area contributed by atoms with E-state index < -0.39 is 11.7 Å². The number of hydrogen-bond donors (Lipinski definition) is 2. The summed E-state index contributed by atoms with van der Waals surface area (Å²) in [6, 6.07) is 2.31. The van der Waals surface area contributed by atoms with Crippen molar-refractivity contribution < 1.29 is 61.6 Å². The van der Waals surface area contributed by atoms with Crippen LogP contribution in [0.1, 0.15) is 82.8 Å².